The van der Waals surface area contributed by atoms with Crippen molar-refractivity contribution in [3.8, 4) is 0 Å². The number of nitrogens with two attached hydrogens (primary N) is 1. The molecule has 0 aromatic carbocycles. The first-order valence-electron chi connectivity index (χ1n) is 6.61. The van der Waals surface area contributed by atoms with Crippen molar-refractivity contribution >= 4 is 16.1 Å². The zero-order valence-corrected chi connectivity index (χ0v) is 12.4. The lowest BCUT2D eigenvalue weighted by molar-refractivity contribution is 0.00813. The van der Waals surface area contributed by atoms with Gasteiger partial charge in [-0.25, -0.2) is 18.4 Å². The fourth-order valence-electron chi connectivity index (χ4n) is 3.01. The second-order valence-corrected chi connectivity index (χ2v) is 8.30. The zero-order chi connectivity index (χ0) is 14.4. The quantitative estimate of drug-likeness (QED) is 0.786. The third-order valence-electron chi connectivity index (χ3n) is 3.76. The highest BCUT2D eigenvalue weighted by molar-refractivity contribution is 7.89. The molecule has 19 heavy (non-hydrogen) atoms. The summed E-state index contributed by atoms with van der Waals surface area (Å²) in [6, 6.07) is -0.117. The number of amides is 1. The summed E-state index contributed by atoms with van der Waals surface area (Å²) >= 11 is 0. The van der Waals surface area contributed by atoms with Crippen LogP contribution < -0.4 is 5.14 Å². The highest BCUT2D eigenvalue weighted by Gasteiger charge is 2.47. The number of ether oxygens (including phenoxy) is 1. The Balaban J connectivity index is 2.10. The number of carbonyl (C=O) groups is 1. The molecule has 2 bridgehead atoms. The molecule has 0 saturated carbocycles. The Labute approximate surface area is 114 Å². The molecule has 2 N–H and O–H groups in total. The van der Waals surface area contributed by atoms with Gasteiger partial charge in [-0.1, -0.05) is 0 Å². The molecule has 2 unspecified atom stereocenters. The molecule has 1 amide bonds. The van der Waals surface area contributed by atoms with Crippen LogP contribution in [0.3, 0.4) is 0 Å². The van der Waals surface area contributed by atoms with Crippen LogP contribution in [0.4, 0.5) is 4.79 Å². The van der Waals surface area contributed by atoms with E-state index in [1.807, 2.05) is 20.8 Å². The monoisotopic (exact) mass is 290 g/mol. The van der Waals surface area contributed by atoms with Gasteiger partial charge in [0.25, 0.3) is 0 Å². The van der Waals surface area contributed by atoms with E-state index in [4.69, 9.17) is 9.88 Å². The Morgan fingerprint density at radius 1 is 1.21 bits per heavy atom. The molecule has 2 fully saturated rings. The SMILES string of the molecule is CC(C)(C)OC(=O)N1C2CCC1CC(S(N)(=O)=O)C2. The molecule has 2 rings (SSSR count). The molecule has 6 nitrogen and oxygen atoms in total. The third kappa shape index (κ3) is 3.20. The molecule has 0 radical (unpaired) electrons. The third-order valence-corrected chi connectivity index (χ3v) is 5.07. The molecule has 2 atom stereocenters. The van der Waals surface area contributed by atoms with Crippen LogP contribution in [0.15, 0.2) is 0 Å². The maximum atomic E-state index is 12.2. The van der Waals surface area contributed by atoms with Gasteiger partial charge in [0.2, 0.25) is 10.0 Å². The van der Waals surface area contributed by atoms with Gasteiger partial charge in [-0.15, -0.1) is 0 Å². The fraction of sp³-hybridized carbons (Fsp3) is 0.917. The van der Waals surface area contributed by atoms with E-state index >= 15 is 0 Å². The Kier molecular flexibility index (Phi) is 3.55. The summed E-state index contributed by atoms with van der Waals surface area (Å²) in [5, 5.41) is 4.70. The topological polar surface area (TPSA) is 89.7 Å². The van der Waals surface area contributed by atoms with Crippen molar-refractivity contribution in [1.82, 2.24) is 4.90 Å². The van der Waals surface area contributed by atoms with Crippen LogP contribution in [-0.2, 0) is 14.8 Å². The number of piperidine rings is 1. The molecule has 2 aliphatic rings. The van der Waals surface area contributed by atoms with Gasteiger partial charge in [0, 0.05) is 12.1 Å². The number of hydrogen-bond donors (Lipinski definition) is 1. The molecule has 2 saturated heterocycles. The summed E-state index contributed by atoms with van der Waals surface area (Å²) in [7, 11) is -3.51. The standard InChI is InChI=1S/C12H22N2O4S/c1-12(2,3)18-11(15)14-8-4-5-9(14)7-10(6-8)19(13,16)17/h8-10H,4-7H2,1-3H3,(H2,13,16,17). The molecular formula is C12H22N2O4S. The minimum Gasteiger partial charge on any atom is -0.444 e. The average Bonchev–Trinajstić information content (AvgIpc) is 2.45. The van der Waals surface area contributed by atoms with E-state index in [0.717, 1.165) is 12.8 Å². The highest BCUT2D eigenvalue weighted by Crippen LogP contribution is 2.38. The van der Waals surface area contributed by atoms with Crippen LogP contribution in [-0.4, -0.2) is 42.3 Å². The smallest absolute Gasteiger partial charge is 0.410 e. The second-order valence-electron chi connectivity index (χ2n) is 6.46. The molecule has 2 aliphatic heterocycles. The fourth-order valence-corrected chi connectivity index (χ4v) is 3.99. The summed E-state index contributed by atoms with van der Waals surface area (Å²) < 4.78 is 28.3. The largest absolute Gasteiger partial charge is 0.444 e. The first-order chi connectivity index (χ1) is 8.58. The van der Waals surface area contributed by atoms with Crippen molar-refractivity contribution in [1.29, 1.82) is 0 Å². The van der Waals surface area contributed by atoms with E-state index in [0.29, 0.717) is 12.8 Å². The van der Waals surface area contributed by atoms with E-state index in [1.165, 1.54) is 0 Å². The van der Waals surface area contributed by atoms with E-state index in [9.17, 15) is 13.2 Å². The number of sulfonamides is 1. The lowest BCUT2D eigenvalue weighted by atomic mass is 10.0. The molecule has 0 aliphatic carbocycles. The van der Waals surface area contributed by atoms with Crippen LogP contribution in [0.25, 0.3) is 0 Å². The van der Waals surface area contributed by atoms with Gasteiger partial charge >= 0.3 is 6.09 Å². The Hall–Kier alpha value is -0.820. The molecule has 7 heteroatoms. The van der Waals surface area contributed by atoms with E-state index < -0.39 is 20.9 Å². The highest BCUT2D eigenvalue weighted by atomic mass is 32.2. The molecule has 0 spiro atoms. The molecule has 2 heterocycles. The summed E-state index contributed by atoms with van der Waals surface area (Å²) in [4.78, 5) is 13.9. The van der Waals surface area contributed by atoms with Crippen molar-refractivity contribution in [3.05, 3.63) is 0 Å². The molecule has 0 aromatic heterocycles. The van der Waals surface area contributed by atoms with E-state index in [-0.39, 0.29) is 18.2 Å². The Morgan fingerprint density at radius 3 is 2.05 bits per heavy atom. The zero-order valence-electron chi connectivity index (χ0n) is 11.6. The summed E-state index contributed by atoms with van der Waals surface area (Å²) in [6.07, 6.45) is 2.17. The van der Waals surface area contributed by atoms with Crippen molar-refractivity contribution in [2.75, 3.05) is 0 Å². The van der Waals surface area contributed by atoms with Crippen LogP contribution in [0.1, 0.15) is 46.5 Å². The van der Waals surface area contributed by atoms with Crippen molar-refractivity contribution in [2.24, 2.45) is 5.14 Å². The molecule has 0 aromatic rings. The summed E-state index contributed by atoms with van der Waals surface area (Å²) in [5.41, 5.74) is -0.534. The summed E-state index contributed by atoms with van der Waals surface area (Å²) in [5.74, 6) is 0. The van der Waals surface area contributed by atoms with Crippen LogP contribution in [0.5, 0.6) is 0 Å². The van der Waals surface area contributed by atoms with Crippen molar-refractivity contribution in [3.63, 3.8) is 0 Å². The second kappa shape index (κ2) is 4.63. The number of fused-ring (bicyclic) bond motifs is 2. The van der Waals surface area contributed by atoms with Gasteiger partial charge in [0.1, 0.15) is 5.60 Å². The number of rotatable bonds is 1. The Morgan fingerprint density at radius 2 is 1.68 bits per heavy atom. The summed E-state index contributed by atoms with van der Waals surface area (Å²) in [6.45, 7) is 5.47. The first-order valence-corrected chi connectivity index (χ1v) is 8.22. The lowest BCUT2D eigenvalue weighted by Crippen LogP contribution is -2.52. The van der Waals surface area contributed by atoms with Gasteiger partial charge in [-0.2, -0.15) is 0 Å². The predicted octanol–water partition coefficient (Wildman–Crippen LogP) is 1.21. The van der Waals surface area contributed by atoms with Crippen molar-refractivity contribution in [2.45, 2.75) is 69.4 Å². The van der Waals surface area contributed by atoms with Crippen molar-refractivity contribution < 1.29 is 17.9 Å². The van der Waals surface area contributed by atoms with E-state index in [2.05, 4.69) is 0 Å². The van der Waals surface area contributed by atoms with Crippen LogP contribution in [0.2, 0.25) is 0 Å². The predicted molar refractivity (Wildman–Crippen MR) is 71.0 cm³/mol. The Bertz CT molecular complexity index is 455. The number of hydrogen-bond acceptors (Lipinski definition) is 4. The van der Waals surface area contributed by atoms with Crippen LogP contribution >= 0.6 is 0 Å². The maximum Gasteiger partial charge on any atom is 0.410 e. The van der Waals surface area contributed by atoms with Gasteiger partial charge in [-0.05, 0) is 46.5 Å². The first kappa shape index (κ1) is 14.6. The van der Waals surface area contributed by atoms with Gasteiger partial charge in [0.15, 0.2) is 0 Å². The number of nitrogens with zero attached hydrogens (tertiary/aromatic N) is 1. The minimum atomic E-state index is -3.51. The normalized spacial score (nSPS) is 31.4. The number of carbonyl (C=O) groups excluding carboxylic acids is 1. The van der Waals surface area contributed by atoms with Gasteiger partial charge < -0.3 is 9.64 Å². The van der Waals surface area contributed by atoms with Crippen LogP contribution in [0, 0.1) is 0 Å². The number of primary sulfonamides is 1. The van der Waals surface area contributed by atoms with Gasteiger partial charge in [-0.3, -0.25) is 0 Å². The molecule has 110 valence electrons. The van der Waals surface area contributed by atoms with E-state index in [1.54, 1.807) is 4.90 Å². The minimum absolute atomic E-state index is 0.0584. The average molecular weight is 290 g/mol. The molecular weight excluding hydrogens is 268 g/mol. The maximum absolute atomic E-state index is 12.2. The lowest BCUT2D eigenvalue weighted by Gasteiger charge is -2.38. The van der Waals surface area contributed by atoms with Gasteiger partial charge in [0.05, 0.1) is 5.25 Å².